The third-order valence-electron chi connectivity index (χ3n) is 2.44. The predicted octanol–water partition coefficient (Wildman–Crippen LogP) is 2.90. The molecule has 1 aromatic heterocycles. The number of thiazole rings is 1. The lowest BCUT2D eigenvalue weighted by atomic mass is 10.2. The Morgan fingerprint density at radius 3 is 2.53 bits per heavy atom. The van der Waals surface area contributed by atoms with Crippen molar-refractivity contribution < 1.29 is 8.78 Å². The topological polar surface area (TPSA) is 38.9 Å². The second-order valence-corrected chi connectivity index (χ2v) is 4.75. The molecular weight excluding hydrogens is 242 g/mol. The first-order chi connectivity index (χ1) is 8.13. The zero-order chi connectivity index (χ0) is 12.4. The number of nitrogens with zero attached hydrogens (tertiary/aromatic N) is 1. The zero-order valence-corrected chi connectivity index (χ0v) is 10.2. The number of aromatic nitrogens is 1. The zero-order valence-electron chi connectivity index (χ0n) is 9.34. The summed E-state index contributed by atoms with van der Waals surface area (Å²) in [6, 6.07) is 3.81. The Labute approximate surface area is 102 Å². The van der Waals surface area contributed by atoms with E-state index < -0.39 is 11.6 Å². The normalized spacial score (nSPS) is 10.8. The molecule has 0 saturated heterocycles. The second-order valence-electron chi connectivity index (χ2n) is 3.66. The average Bonchev–Trinajstić information content (AvgIpc) is 2.60. The van der Waals surface area contributed by atoms with Crippen LogP contribution in [0, 0.1) is 18.6 Å². The van der Waals surface area contributed by atoms with Crippen molar-refractivity contribution in [3.05, 3.63) is 40.4 Å². The Balaban J connectivity index is 2.50. The molecule has 2 aromatic rings. The SMILES string of the molecule is Cc1nc(-c2c(F)cccc2F)sc1CCN. The van der Waals surface area contributed by atoms with Crippen molar-refractivity contribution in [3.63, 3.8) is 0 Å². The van der Waals surface area contributed by atoms with Gasteiger partial charge in [-0.1, -0.05) is 6.07 Å². The molecular formula is C12H12F2N2S. The highest BCUT2D eigenvalue weighted by atomic mass is 32.1. The molecule has 0 unspecified atom stereocenters. The van der Waals surface area contributed by atoms with Crippen molar-refractivity contribution in [2.45, 2.75) is 13.3 Å². The van der Waals surface area contributed by atoms with E-state index in [4.69, 9.17) is 5.73 Å². The van der Waals surface area contributed by atoms with Crippen LogP contribution >= 0.6 is 11.3 Å². The summed E-state index contributed by atoms with van der Waals surface area (Å²) in [7, 11) is 0. The van der Waals surface area contributed by atoms with Crippen LogP contribution in [0.25, 0.3) is 10.6 Å². The van der Waals surface area contributed by atoms with Gasteiger partial charge in [-0.3, -0.25) is 0 Å². The first-order valence-corrected chi connectivity index (χ1v) is 6.06. The van der Waals surface area contributed by atoms with E-state index in [2.05, 4.69) is 4.98 Å². The van der Waals surface area contributed by atoms with Crippen LogP contribution < -0.4 is 5.73 Å². The Bertz CT molecular complexity index is 517. The second kappa shape index (κ2) is 4.89. The lowest BCUT2D eigenvalue weighted by Crippen LogP contribution is -2.01. The minimum Gasteiger partial charge on any atom is -0.330 e. The van der Waals surface area contributed by atoms with Crippen LogP contribution in [0.1, 0.15) is 10.6 Å². The maximum Gasteiger partial charge on any atom is 0.136 e. The van der Waals surface area contributed by atoms with Crippen LogP contribution in [-0.4, -0.2) is 11.5 Å². The summed E-state index contributed by atoms with van der Waals surface area (Å²) in [4.78, 5) is 5.18. The summed E-state index contributed by atoms with van der Waals surface area (Å²) in [6.07, 6.45) is 0.680. The molecule has 0 aliphatic rings. The van der Waals surface area contributed by atoms with E-state index in [1.165, 1.54) is 29.5 Å². The first-order valence-electron chi connectivity index (χ1n) is 5.24. The summed E-state index contributed by atoms with van der Waals surface area (Å²) in [6.45, 7) is 2.33. The van der Waals surface area contributed by atoms with E-state index >= 15 is 0 Å². The van der Waals surface area contributed by atoms with Gasteiger partial charge in [0.1, 0.15) is 16.6 Å². The summed E-state index contributed by atoms with van der Waals surface area (Å²) in [5.41, 5.74) is 6.21. The maximum atomic E-state index is 13.6. The van der Waals surface area contributed by atoms with Gasteiger partial charge in [0, 0.05) is 4.88 Å². The first kappa shape index (κ1) is 12.1. The number of hydrogen-bond donors (Lipinski definition) is 1. The number of rotatable bonds is 3. The highest BCUT2D eigenvalue weighted by Crippen LogP contribution is 2.31. The monoisotopic (exact) mass is 254 g/mol. The molecule has 17 heavy (non-hydrogen) atoms. The molecule has 0 radical (unpaired) electrons. The van der Waals surface area contributed by atoms with Crippen molar-refractivity contribution in [2.75, 3.05) is 6.54 Å². The van der Waals surface area contributed by atoms with E-state index in [9.17, 15) is 8.78 Å². The molecule has 1 heterocycles. The van der Waals surface area contributed by atoms with Crippen LogP contribution in [0.4, 0.5) is 8.78 Å². The molecule has 0 amide bonds. The van der Waals surface area contributed by atoms with E-state index in [1.54, 1.807) is 0 Å². The summed E-state index contributed by atoms with van der Waals surface area (Å²) < 4.78 is 27.1. The highest BCUT2D eigenvalue weighted by molar-refractivity contribution is 7.15. The van der Waals surface area contributed by atoms with Gasteiger partial charge < -0.3 is 5.73 Å². The molecule has 0 saturated carbocycles. The van der Waals surface area contributed by atoms with Gasteiger partial charge in [-0.15, -0.1) is 11.3 Å². The summed E-state index contributed by atoms with van der Waals surface area (Å²) in [5, 5.41) is 0.376. The third kappa shape index (κ3) is 2.35. The molecule has 0 atom stereocenters. The standard InChI is InChI=1S/C12H12F2N2S/c1-7-10(5-6-15)17-12(16-7)11-8(13)3-2-4-9(11)14/h2-4H,5-6,15H2,1H3. The summed E-state index contributed by atoms with van der Waals surface area (Å²) >= 11 is 1.29. The fourth-order valence-electron chi connectivity index (χ4n) is 1.60. The van der Waals surface area contributed by atoms with Crippen LogP contribution in [0.15, 0.2) is 18.2 Å². The molecule has 0 aliphatic carbocycles. The van der Waals surface area contributed by atoms with Crippen LogP contribution in [0.3, 0.4) is 0 Å². The van der Waals surface area contributed by atoms with Crippen molar-refractivity contribution in [1.82, 2.24) is 4.98 Å². The van der Waals surface area contributed by atoms with E-state index in [-0.39, 0.29) is 5.56 Å². The molecule has 90 valence electrons. The number of halogens is 2. The molecule has 0 spiro atoms. The van der Waals surface area contributed by atoms with Gasteiger partial charge in [-0.25, -0.2) is 13.8 Å². The van der Waals surface area contributed by atoms with Gasteiger partial charge >= 0.3 is 0 Å². The van der Waals surface area contributed by atoms with Gasteiger partial charge in [-0.2, -0.15) is 0 Å². The number of benzene rings is 1. The molecule has 0 aliphatic heterocycles. The predicted molar refractivity (Wildman–Crippen MR) is 65.0 cm³/mol. The van der Waals surface area contributed by atoms with E-state index in [0.29, 0.717) is 18.0 Å². The fraction of sp³-hybridized carbons (Fsp3) is 0.250. The molecule has 2 nitrogen and oxygen atoms in total. The quantitative estimate of drug-likeness (QED) is 0.914. The molecule has 2 N–H and O–H groups in total. The number of hydrogen-bond acceptors (Lipinski definition) is 3. The number of nitrogens with two attached hydrogens (primary N) is 1. The van der Waals surface area contributed by atoms with Gasteiger partial charge in [0.15, 0.2) is 0 Å². The molecule has 1 aromatic carbocycles. The third-order valence-corrected chi connectivity index (χ3v) is 3.68. The maximum absolute atomic E-state index is 13.6. The lowest BCUT2D eigenvalue weighted by Gasteiger charge is -1.99. The number of aryl methyl sites for hydroxylation is 1. The molecule has 0 fully saturated rings. The molecule has 2 rings (SSSR count). The Hall–Kier alpha value is -1.33. The van der Waals surface area contributed by atoms with Crippen molar-refractivity contribution in [1.29, 1.82) is 0 Å². The van der Waals surface area contributed by atoms with E-state index in [1.807, 2.05) is 6.92 Å². The van der Waals surface area contributed by atoms with Crippen LogP contribution in [0.5, 0.6) is 0 Å². The summed E-state index contributed by atoms with van der Waals surface area (Å²) in [5.74, 6) is -1.17. The smallest absolute Gasteiger partial charge is 0.136 e. The van der Waals surface area contributed by atoms with Crippen molar-refractivity contribution >= 4 is 11.3 Å². The largest absolute Gasteiger partial charge is 0.330 e. The van der Waals surface area contributed by atoms with Gasteiger partial charge in [0.2, 0.25) is 0 Å². The molecule has 0 bridgehead atoms. The van der Waals surface area contributed by atoms with Gasteiger partial charge in [-0.05, 0) is 32.0 Å². The van der Waals surface area contributed by atoms with Gasteiger partial charge in [0.05, 0.1) is 11.3 Å². The van der Waals surface area contributed by atoms with Crippen LogP contribution in [-0.2, 0) is 6.42 Å². The minimum absolute atomic E-state index is 0.0520. The molecule has 5 heteroatoms. The van der Waals surface area contributed by atoms with Crippen molar-refractivity contribution in [3.8, 4) is 10.6 Å². The fourth-order valence-corrected chi connectivity index (χ4v) is 2.73. The van der Waals surface area contributed by atoms with Crippen molar-refractivity contribution in [2.24, 2.45) is 5.73 Å². The lowest BCUT2D eigenvalue weighted by molar-refractivity contribution is 0.589. The minimum atomic E-state index is -0.585. The van der Waals surface area contributed by atoms with Crippen LogP contribution in [0.2, 0.25) is 0 Å². The van der Waals surface area contributed by atoms with Gasteiger partial charge in [0.25, 0.3) is 0 Å². The Kier molecular flexibility index (Phi) is 3.49. The Morgan fingerprint density at radius 2 is 1.94 bits per heavy atom. The van der Waals surface area contributed by atoms with E-state index in [0.717, 1.165) is 10.6 Å². The average molecular weight is 254 g/mol. The highest BCUT2D eigenvalue weighted by Gasteiger charge is 2.16. The Morgan fingerprint density at radius 1 is 1.29 bits per heavy atom.